The molecule has 2 fully saturated rings. The van der Waals surface area contributed by atoms with Crippen molar-refractivity contribution in [1.82, 2.24) is 24.7 Å². The molecule has 0 saturated carbocycles. The molecule has 2 saturated heterocycles. The van der Waals surface area contributed by atoms with Crippen LogP contribution in [0, 0.1) is 5.92 Å². The molecule has 2 atom stereocenters. The number of amides is 1. The fourth-order valence-electron chi connectivity index (χ4n) is 4.02. The van der Waals surface area contributed by atoms with E-state index in [1.54, 1.807) is 6.20 Å². The lowest BCUT2D eigenvalue weighted by atomic mass is 10.1. The van der Waals surface area contributed by atoms with E-state index < -0.39 is 9.84 Å². The van der Waals surface area contributed by atoms with Gasteiger partial charge in [0.05, 0.1) is 24.1 Å². The molecule has 0 spiro atoms. The van der Waals surface area contributed by atoms with Crippen molar-refractivity contribution in [3.8, 4) is 0 Å². The number of piperazine rings is 1. The van der Waals surface area contributed by atoms with E-state index in [4.69, 9.17) is 0 Å². The lowest BCUT2D eigenvalue weighted by Crippen LogP contribution is -2.53. The first kappa shape index (κ1) is 23.1. The monoisotopic (exact) mass is 433 g/mol. The van der Waals surface area contributed by atoms with Gasteiger partial charge < -0.3 is 14.8 Å². The minimum absolute atomic E-state index is 0. The third-order valence-electron chi connectivity index (χ3n) is 5.38. The minimum Gasteiger partial charge on any atom is -0.337 e. The number of rotatable bonds is 6. The van der Waals surface area contributed by atoms with Crippen LogP contribution in [0.15, 0.2) is 12.4 Å². The van der Waals surface area contributed by atoms with Crippen molar-refractivity contribution in [2.45, 2.75) is 32.4 Å². The van der Waals surface area contributed by atoms with Gasteiger partial charge in [-0.2, -0.15) is 0 Å². The highest BCUT2D eigenvalue weighted by molar-refractivity contribution is 7.91. The lowest BCUT2D eigenvalue weighted by molar-refractivity contribution is -0.135. The molecule has 1 amide bonds. The van der Waals surface area contributed by atoms with Gasteiger partial charge in [-0.15, -0.1) is 12.4 Å². The summed E-state index contributed by atoms with van der Waals surface area (Å²) in [7, 11) is -1.06. The van der Waals surface area contributed by atoms with Crippen LogP contribution in [0.25, 0.3) is 0 Å². The molecule has 0 aromatic carbocycles. The maximum absolute atomic E-state index is 13.2. The van der Waals surface area contributed by atoms with Crippen LogP contribution in [0.1, 0.15) is 32.1 Å². The molecular formula is C18H32ClN5O3S. The molecular weight excluding hydrogens is 402 g/mol. The van der Waals surface area contributed by atoms with Crippen molar-refractivity contribution in [2.24, 2.45) is 13.0 Å². The molecule has 0 bridgehead atoms. The Morgan fingerprint density at radius 3 is 2.75 bits per heavy atom. The Bertz CT molecular complexity index is 767. The largest absolute Gasteiger partial charge is 0.337 e. The first-order valence-corrected chi connectivity index (χ1v) is 11.5. The second kappa shape index (κ2) is 9.56. The Kier molecular flexibility index (Phi) is 7.89. The lowest BCUT2D eigenvalue weighted by Gasteiger charge is -2.38. The summed E-state index contributed by atoms with van der Waals surface area (Å²) in [4.78, 5) is 21.6. The van der Waals surface area contributed by atoms with E-state index in [0.717, 1.165) is 25.5 Å². The molecule has 2 aliphatic rings. The molecule has 1 aromatic rings. The van der Waals surface area contributed by atoms with Crippen molar-refractivity contribution in [2.75, 3.05) is 44.2 Å². The number of hydrogen-bond donors (Lipinski definition) is 1. The van der Waals surface area contributed by atoms with Gasteiger partial charge in [0.15, 0.2) is 9.84 Å². The fourth-order valence-corrected chi connectivity index (χ4v) is 5.75. The Balaban J connectivity index is 0.00000280. The topological polar surface area (TPSA) is 87.5 Å². The quantitative estimate of drug-likeness (QED) is 0.701. The van der Waals surface area contributed by atoms with Gasteiger partial charge in [0.1, 0.15) is 5.82 Å². The standard InChI is InChI=1S/C18H31N5O3S.ClH/c1-14(2)11-23(15-4-9-27(25,26)13-15)17(24)12-22-8-5-19-10-16(22)18-20-6-7-21(18)3;/h6-7,14-16,19H,4-5,8-13H2,1-3H3;1H. The molecule has 8 nitrogen and oxygen atoms in total. The van der Waals surface area contributed by atoms with Crippen molar-refractivity contribution in [3.63, 3.8) is 0 Å². The number of sulfone groups is 1. The van der Waals surface area contributed by atoms with Crippen molar-refractivity contribution >= 4 is 28.2 Å². The van der Waals surface area contributed by atoms with Gasteiger partial charge in [-0.05, 0) is 12.3 Å². The maximum Gasteiger partial charge on any atom is 0.237 e. The summed E-state index contributed by atoms with van der Waals surface area (Å²) < 4.78 is 25.8. The van der Waals surface area contributed by atoms with E-state index in [1.165, 1.54) is 0 Å². The molecule has 3 heterocycles. The van der Waals surface area contributed by atoms with Gasteiger partial charge in [-0.3, -0.25) is 9.69 Å². The van der Waals surface area contributed by atoms with Gasteiger partial charge in [0, 0.05) is 51.7 Å². The van der Waals surface area contributed by atoms with Gasteiger partial charge in [-0.1, -0.05) is 13.8 Å². The second-order valence-electron chi connectivity index (χ2n) is 8.08. The molecule has 0 aliphatic carbocycles. The van der Waals surface area contributed by atoms with E-state index >= 15 is 0 Å². The maximum atomic E-state index is 13.2. The summed E-state index contributed by atoms with van der Waals surface area (Å²) in [5.74, 6) is 1.53. The van der Waals surface area contributed by atoms with E-state index in [-0.39, 0.29) is 41.9 Å². The van der Waals surface area contributed by atoms with Crippen molar-refractivity contribution in [1.29, 1.82) is 0 Å². The fraction of sp³-hybridized carbons (Fsp3) is 0.778. The molecule has 28 heavy (non-hydrogen) atoms. The van der Waals surface area contributed by atoms with Gasteiger partial charge in [0.25, 0.3) is 0 Å². The van der Waals surface area contributed by atoms with Crippen LogP contribution < -0.4 is 5.32 Å². The number of nitrogens with one attached hydrogen (secondary N) is 1. The summed E-state index contributed by atoms with van der Waals surface area (Å²) >= 11 is 0. The number of halogens is 1. The molecule has 0 radical (unpaired) electrons. The Hall–Kier alpha value is -1.16. The number of imidazole rings is 1. The van der Waals surface area contributed by atoms with Crippen molar-refractivity contribution in [3.05, 3.63) is 18.2 Å². The van der Waals surface area contributed by atoms with Crippen LogP contribution >= 0.6 is 12.4 Å². The normalized spacial score (nSPS) is 24.9. The van der Waals surface area contributed by atoms with Crippen molar-refractivity contribution < 1.29 is 13.2 Å². The Labute approximate surface area is 174 Å². The zero-order valence-corrected chi connectivity index (χ0v) is 18.5. The van der Waals surface area contributed by atoms with E-state index in [9.17, 15) is 13.2 Å². The zero-order valence-electron chi connectivity index (χ0n) is 16.9. The van der Waals surface area contributed by atoms with E-state index in [1.807, 2.05) is 22.7 Å². The van der Waals surface area contributed by atoms with Crippen LogP contribution in [0.3, 0.4) is 0 Å². The SMILES string of the molecule is CC(C)CN(C(=O)CN1CCNCC1c1nccn1C)C1CCS(=O)(=O)C1.Cl. The van der Waals surface area contributed by atoms with Gasteiger partial charge in [0.2, 0.25) is 5.91 Å². The third kappa shape index (κ3) is 5.46. The summed E-state index contributed by atoms with van der Waals surface area (Å²) in [5.41, 5.74) is 0. The Morgan fingerprint density at radius 2 is 2.18 bits per heavy atom. The highest BCUT2D eigenvalue weighted by atomic mass is 35.5. The molecule has 1 aromatic heterocycles. The molecule has 2 unspecified atom stereocenters. The zero-order chi connectivity index (χ0) is 19.6. The van der Waals surface area contributed by atoms with Gasteiger partial charge >= 0.3 is 0 Å². The Morgan fingerprint density at radius 1 is 1.43 bits per heavy atom. The van der Waals surface area contributed by atoms with E-state index in [2.05, 4.69) is 29.0 Å². The number of carbonyl (C=O) groups excluding carboxylic acids is 1. The molecule has 1 N–H and O–H groups in total. The van der Waals surface area contributed by atoms with Gasteiger partial charge in [-0.25, -0.2) is 13.4 Å². The van der Waals surface area contributed by atoms with E-state index in [0.29, 0.717) is 25.4 Å². The van der Waals surface area contributed by atoms with Crippen LogP contribution in [0.4, 0.5) is 0 Å². The number of nitrogens with zero attached hydrogens (tertiary/aromatic N) is 4. The average molecular weight is 434 g/mol. The molecule has 3 rings (SSSR count). The third-order valence-corrected chi connectivity index (χ3v) is 7.13. The van der Waals surface area contributed by atoms with Crippen LogP contribution in [-0.4, -0.2) is 83.9 Å². The van der Waals surface area contributed by atoms with Crippen LogP contribution in [0.2, 0.25) is 0 Å². The summed E-state index contributed by atoms with van der Waals surface area (Å²) in [6, 6.07) is -0.157. The summed E-state index contributed by atoms with van der Waals surface area (Å²) in [6.07, 6.45) is 4.24. The predicted octanol–water partition coefficient (Wildman–Crippen LogP) is 0.460. The minimum atomic E-state index is -3.03. The summed E-state index contributed by atoms with van der Waals surface area (Å²) in [5, 5.41) is 3.38. The molecule has 10 heteroatoms. The van der Waals surface area contributed by atoms with Crippen LogP contribution in [-0.2, 0) is 21.7 Å². The highest BCUT2D eigenvalue weighted by Crippen LogP contribution is 2.23. The smallest absolute Gasteiger partial charge is 0.237 e. The highest BCUT2D eigenvalue weighted by Gasteiger charge is 2.36. The number of aromatic nitrogens is 2. The molecule has 2 aliphatic heterocycles. The second-order valence-corrected chi connectivity index (χ2v) is 10.3. The van der Waals surface area contributed by atoms with Crippen LogP contribution in [0.5, 0.6) is 0 Å². The first-order valence-electron chi connectivity index (χ1n) is 9.68. The average Bonchev–Trinajstić information content (AvgIpc) is 3.18. The summed E-state index contributed by atoms with van der Waals surface area (Å²) in [6.45, 7) is 7.36. The first-order chi connectivity index (χ1) is 12.8. The number of carbonyl (C=O) groups is 1. The number of aryl methyl sites for hydroxylation is 1. The molecule has 160 valence electrons. The predicted molar refractivity (Wildman–Crippen MR) is 111 cm³/mol. The number of hydrogen-bond acceptors (Lipinski definition) is 6.